The highest BCUT2D eigenvalue weighted by atomic mass is 16.5. The van der Waals surface area contributed by atoms with Gasteiger partial charge in [-0.15, -0.1) is 0 Å². The fraction of sp³-hybridized carbons (Fsp3) is 0.462. The predicted molar refractivity (Wildman–Crippen MR) is 67.2 cm³/mol. The first kappa shape index (κ1) is 11.9. The van der Waals surface area contributed by atoms with Gasteiger partial charge in [-0.3, -0.25) is 4.79 Å². The molecule has 1 fully saturated rings. The van der Waals surface area contributed by atoms with Gasteiger partial charge >= 0.3 is 0 Å². The molecule has 2 N–H and O–H groups in total. The van der Waals surface area contributed by atoms with Gasteiger partial charge in [-0.2, -0.15) is 0 Å². The van der Waals surface area contributed by atoms with E-state index >= 15 is 0 Å². The van der Waals surface area contributed by atoms with Crippen molar-refractivity contribution in [3.05, 3.63) is 24.3 Å². The van der Waals surface area contributed by atoms with Gasteiger partial charge in [0.2, 0.25) is 5.91 Å². The Morgan fingerprint density at radius 3 is 3.18 bits per heavy atom. The molecule has 4 heteroatoms. The molecule has 0 aromatic heterocycles. The van der Waals surface area contributed by atoms with Crippen LogP contribution in [0.4, 0.5) is 5.69 Å². The summed E-state index contributed by atoms with van der Waals surface area (Å²) in [7, 11) is 1.62. The van der Waals surface area contributed by atoms with Crippen molar-refractivity contribution < 1.29 is 9.53 Å². The Morgan fingerprint density at radius 2 is 2.47 bits per heavy atom. The number of benzene rings is 1. The van der Waals surface area contributed by atoms with Gasteiger partial charge in [0.05, 0.1) is 7.11 Å². The van der Waals surface area contributed by atoms with E-state index in [0.29, 0.717) is 12.3 Å². The molecule has 1 saturated heterocycles. The lowest BCUT2D eigenvalue weighted by atomic mass is 10.0. The topological polar surface area (TPSA) is 50.4 Å². The van der Waals surface area contributed by atoms with Gasteiger partial charge in [-0.1, -0.05) is 6.07 Å². The van der Waals surface area contributed by atoms with Crippen molar-refractivity contribution in [1.29, 1.82) is 0 Å². The summed E-state index contributed by atoms with van der Waals surface area (Å²) in [4.78, 5) is 11.8. The van der Waals surface area contributed by atoms with Crippen LogP contribution in [-0.2, 0) is 4.79 Å². The maximum absolute atomic E-state index is 11.8. The standard InChI is InChI=1S/C13H18N2O2/c1-17-12-4-2-3-11(8-12)15-13(16)7-10-5-6-14-9-10/h2-4,8,10,14H,5-7,9H2,1H3,(H,15,16). The minimum absolute atomic E-state index is 0.0759. The molecule has 0 spiro atoms. The van der Waals surface area contributed by atoms with E-state index < -0.39 is 0 Å². The third-order valence-corrected chi connectivity index (χ3v) is 2.99. The Bertz CT molecular complexity index is 387. The van der Waals surface area contributed by atoms with Crippen LogP contribution in [0.5, 0.6) is 5.75 Å². The highest BCUT2D eigenvalue weighted by Gasteiger charge is 2.17. The second-order valence-electron chi connectivity index (χ2n) is 4.34. The largest absolute Gasteiger partial charge is 0.497 e. The molecule has 17 heavy (non-hydrogen) atoms. The number of rotatable bonds is 4. The summed E-state index contributed by atoms with van der Waals surface area (Å²) < 4.78 is 5.11. The summed E-state index contributed by atoms with van der Waals surface area (Å²) in [6.07, 6.45) is 1.68. The quantitative estimate of drug-likeness (QED) is 0.832. The van der Waals surface area contributed by atoms with Crippen molar-refractivity contribution in [2.24, 2.45) is 5.92 Å². The van der Waals surface area contributed by atoms with Crippen LogP contribution < -0.4 is 15.4 Å². The average molecular weight is 234 g/mol. The first-order chi connectivity index (χ1) is 8.28. The summed E-state index contributed by atoms with van der Waals surface area (Å²) in [6, 6.07) is 7.42. The number of amides is 1. The van der Waals surface area contributed by atoms with Gasteiger partial charge in [-0.05, 0) is 37.6 Å². The van der Waals surface area contributed by atoms with Gasteiger partial charge in [0.1, 0.15) is 5.75 Å². The number of hydrogen-bond donors (Lipinski definition) is 2. The summed E-state index contributed by atoms with van der Waals surface area (Å²) in [5, 5.41) is 6.16. The maximum atomic E-state index is 11.8. The smallest absolute Gasteiger partial charge is 0.224 e. The van der Waals surface area contributed by atoms with Crippen LogP contribution in [0.15, 0.2) is 24.3 Å². The average Bonchev–Trinajstić information content (AvgIpc) is 2.82. The van der Waals surface area contributed by atoms with Crippen LogP contribution in [0.1, 0.15) is 12.8 Å². The number of hydrogen-bond acceptors (Lipinski definition) is 3. The van der Waals surface area contributed by atoms with Crippen LogP contribution in [0, 0.1) is 5.92 Å². The lowest BCUT2D eigenvalue weighted by Crippen LogP contribution is -2.18. The third kappa shape index (κ3) is 3.46. The Hall–Kier alpha value is -1.55. The summed E-state index contributed by atoms with van der Waals surface area (Å²) in [5.41, 5.74) is 0.792. The van der Waals surface area contributed by atoms with Crippen molar-refractivity contribution in [1.82, 2.24) is 5.32 Å². The van der Waals surface area contributed by atoms with Crippen molar-refractivity contribution in [2.75, 3.05) is 25.5 Å². The van der Waals surface area contributed by atoms with E-state index in [-0.39, 0.29) is 5.91 Å². The molecule has 1 atom stereocenters. The van der Waals surface area contributed by atoms with E-state index in [1.807, 2.05) is 24.3 Å². The van der Waals surface area contributed by atoms with Crippen molar-refractivity contribution in [2.45, 2.75) is 12.8 Å². The van der Waals surface area contributed by atoms with E-state index in [4.69, 9.17) is 4.74 Å². The minimum Gasteiger partial charge on any atom is -0.497 e. The van der Waals surface area contributed by atoms with E-state index in [9.17, 15) is 4.79 Å². The van der Waals surface area contributed by atoms with Crippen LogP contribution in [0.3, 0.4) is 0 Å². The molecule has 2 rings (SSSR count). The molecule has 0 aliphatic carbocycles. The number of anilines is 1. The molecule has 1 aromatic rings. The zero-order valence-corrected chi connectivity index (χ0v) is 10.0. The molecule has 1 unspecified atom stereocenters. The molecular weight excluding hydrogens is 216 g/mol. The molecule has 0 saturated carbocycles. The molecular formula is C13H18N2O2. The zero-order valence-electron chi connectivity index (χ0n) is 10.0. The van der Waals surface area contributed by atoms with E-state index in [0.717, 1.165) is 30.9 Å². The van der Waals surface area contributed by atoms with E-state index in [1.54, 1.807) is 7.11 Å². The van der Waals surface area contributed by atoms with Crippen molar-refractivity contribution >= 4 is 11.6 Å². The highest BCUT2D eigenvalue weighted by molar-refractivity contribution is 5.91. The first-order valence-corrected chi connectivity index (χ1v) is 5.92. The van der Waals surface area contributed by atoms with Gasteiger partial charge in [0.25, 0.3) is 0 Å². The van der Waals surface area contributed by atoms with Crippen molar-refractivity contribution in [3.63, 3.8) is 0 Å². The second kappa shape index (κ2) is 5.68. The van der Waals surface area contributed by atoms with Crippen LogP contribution in [-0.4, -0.2) is 26.1 Å². The van der Waals surface area contributed by atoms with Crippen LogP contribution >= 0.6 is 0 Å². The predicted octanol–water partition coefficient (Wildman–Crippen LogP) is 1.63. The molecule has 4 nitrogen and oxygen atoms in total. The minimum atomic E-state index is 0.0759. The van der Waals surface area contributed by atoms with E-state index in [2.05, 4.69) is 10.6 Å². The maximum Gasteiger partial charge on any atom is 0.224 e. The van der Waals surface area contributed by atoms with Gasteiger partial charge in [0.15, 0.2) is 0 Å². The number of carbonyl (C=O) groups is 1. The molecule has 1 aromatic carbocycles. The SMILES string of the molecule is COc1cccc(NC(=O)CC2CCNC2)c1. The summed E-state index contributed by atoms with van der Waals surface area (Å²) in [6.45, 7) is 1.97. The van der Waals surface area contributed by atoms with Gasteiger partial charge in [-0.25, -0.2) is 0 Å². The van der Waals surface area contributed by atoms with Gasteiger partial charge < -0.3 is 15.4 Å². The van der Waals surface area contributed by atoms with Crippen LogP contribution in [0.25, 0.3) is 0 Å². The number of ether oxygens (including phenoxy) is 1. The van der Waals surface area contributed by atoms with Gasteiger partial charge in [0, 0.05) is 18.2 Å². The Morgan fingerprint density at radius 1 is 1.59 bits per heavy atom. The second-order valence-corrected chi connectivity index (χ2v) is 4.34. The van der Waals surface area contributed by atoms with Crippen LogP contribution in [0.2, 0.25) is 0 Å². The molecule has 1 amide bonds. The molecule has 1 aliphatic rings. The number of methoxy groups -OCH3 is 1. The highest BCUT2D eigenvalue weighted by Crippen LogP contribution is 2.18. The fourth-order valence-corrected chi connectivity index (χ4v) is 2.06. The zero-order chi connectivity index (χ0) is 12.1. The summed E-state index contributed by atoms with van der Waals surface area (Å²) >= 11 is 0. The first-order valence-electron chi connectivity index (χ1n) is 5.92. The normalized spacial score (nSPS) is 19.0. The lowest BCUT2D eigenvalue weighted by molar-refractivity contribution is -0.116. The molecule has 1 heterocycles. The van der Waals surface area contributed by atoms with Crippen molar-refractivity contribution in [3.8, 4) is 5.75 Å². The molecule has 1 aliphatic heterocycles. The Labute approximate surface area is 101 Å². The molecule has 0 bridgehead atoms. The van der Waals surface area contributed by atoms with E-state index in [1.165, 1.54) is 0 Å². The lowest BCUT2D eigenvalue weighted by Gasteiger charge is -2.09. The molecule has 92 valence electrons. The molecule has 0 radical (unpaired) electrons. The fourth-order valence-electron chi connectivity index (χ4n) is 2.06. The number of nitrogens with one attached hydrogen (secondary N) is 2. The summed E-state index contributed by atoms with van der Waals surface area (Å²) in [5.74, 6) is 1.30. The Kier molecular flexibility index (Phi) is 3.98. The monoisotopic (exact) mass is 234 g/mol. The third-order valence-electron chi connectivity index (χ3n) is 2.99. The number of carbonyl (C=O) groups excluding carboxylic acids is 1. The Balaban J connectivity index is 1.88.